The van der Waals surface area contributed by atoms with Gasteiger partial charge in [0.2, 0.25) is 0 Å². The number of aliphatic carboxylic acids is 2. The molecule has 0 heterocycles. The first kappa shape index (κ1) is 11.8. The average Bonchev–Trinajstić information content (AvgIpc) is 2.00. The molecular formula is C6H10O7. The van der Waals surface area contributed by atoms with Crippen molar-refractivity contribution in [3.05, 3.63) is 0 Å². The molecule has 13 heavy (non-hydrogen) atoms. The van der Waals surface area contributed by atoms with E-state index in [1.54, 1.807) is 0 Å². The van der Waals surface area contributed by atoms with Crippen LogP contribution in [0.15, 0.2) is 0 Å². The van der Waals surface area contributed by atoms with Crippen molar-refractivity contribution < 1.29 is 35.1 Å². The number of aliphatic hydroxyl groups is 3. The van der Waals surface area contributed by atoms with Crippen molar-refractivity contribution in [3.63, 3.8) is 0 Å². The summed E-state index contributed by atoms with van der Waals surface area (Å²) in [6, 6.07) is 0. The predicted molar refractivity (Wildman–Crippen MR) is 37.9 cm³/mol. The largest absolute Gasteiger partial charge is 0.481 e. The van der Waals surface area contributed by atoms with E-state index in [-0.39, 0.29) is 0 Å². The first-order valence-corrected chi connectivity index (χ1v) is 3.35. The molecule has 0 amide bonds. The maximum absolute atomic E-state index is 10.1. The Balaban J connectivity index is 4.16. The number of hydrogen-bond donors (Lipinski definition) is 5. The van der Waals surface area contributed by atoms with Gasteiger partial charge in [-0.2, -0.15) is 0 Å². The third-order valence-electron chi connectivity index (χ3n) is 1.35. The van der Waals surface area contributed by atoms with Gasteiger partial charge in [-0.25, -0.2) is 4.79 Å². The molecule has 76 valence electrons. The lowest BCUT2D eigenvalue weighted by molar-refractivity contribution is -0.161. The van der Waals surface area contributed by atoms with Crippen LogP contribution >= 0.6 is 0 Å². The molecule has 0 bridgehead atoms. The predicted octanol–water partition coefficient (Wildman–Crippen LogP) is -2.37. The number of carbonyl (C=O) groups is 2. The molecule has 0 radical (unpaired) electrons. The third kappa shape index (κ3) is 3.83. The first-order valence-electron chi connectivity index (χ1n) is 3.35. The molecule has 0 aromatic rings. The van der Waals surface area contributed by atoms with Crippen LogP contribution in [0.3, 0.4) is 0 Å². The highest BCUT2D eigenvalue weighted by molar-refractivity contribution is 5.73. The van der Waals surface area contributed by atoms with Gasteiger partial charge in [0.1, 0.15) is 6.10 Å². The number of carboxylic acid groups (broad SMARTS) is 2. The quantitative estimate of drug-likeness (QED) is 0.330. The van der Waals surface area contributed by atoms with Gasteiger partial charge in [0.15, 0.2) is 6.10 Å². The summed E-state index contributed by atoms with van der Waals surface area (Å²) in [5.74, 6) is -3.12. The Morgan fingerprint density at radius 1 is 1.08 bits per heavy atom. The Kier molecular flexibility index (Phi) is 4.32. The van der Waals surface area contributed by atoms with Crippen LogP contribution in [-0.2, 0) is 9.59 Å². The van der Waals surface area contributed by atoms with E-state index in [0.29, 0.717) is 0 Å². The van der Waals surface area contributed by atoms with Gasteiger partial charge < -0.3 is 25.5 Å². The highest BCUT2D eigenvalue weighted by atomic mass is 16.4. The smallest absolute Gasteiger partial charge is 0.335 e. The molecule has 7 heteroatoms. The zero-order chi connectivity index (χ0) is 10.6. The van der Waals surface area contributed by atoms with Crippen molar-refractivity contribution in [3.8, 4) is 0 Å². The molecular weight excluding hydrogens is 184 g/mol. The van der Waals surface area contributed by atoms with Crippen LogP contribution in [-0.4, -0.2) is 55.8 Å². The van der Waals surface area contributed by atoms with Gasteiger partial charge in [0, 0.05) is 0 Å². The summed E-state index contributed by atoms with van der Waals surface area (Å²) in [6.45, 7) is 0. The Labute approximate surface area is 72.9 Å². The van der Waals surface area contributed by atoms with Gasteiger partial charge in [-0.05, 0) is 0 Å². The van der Waals surface area contributed by atoms with E-state index in [0.717, 1.165) is 0 Å². The molecule has 0 saturated heterocycles. The second kappa shape index (κ2) is 4.75. The Morgan fingerprint density at radius 2 is 1.54 bits per heavy atom. The minimum atomic E-state index is -2.19. The van der Waals surface area contributed by atoms with Crippen molar-refractivity contribution in [2.75, 3.05) is 0 Å². The van der Waals surface area contributed by atoms with Crippen LogP contribution in [0.4, 0.5) is 0 Å². The molecule has 0 spiro atoms. The number of rotatable bonds is 5. The number of hydrogen-bond acceptors (Lipinski definition) is 5. The molecule has 0 aliphatic rings. The zero-order valence-corrected chi connectivity index (χ0v) is 6.49. The Morgan fingerprint density at radius 3 is 1.85 bits per heavy atom. The lowest BCUT2D eigenvalue weighted by Gasteiger charge is -2.18. The summed E-state index contributed by atoms with van der Waals surface area (Å²) in [4.78, 5) is 20.1. The number of carboxylic acids is 2. The summed E-state index contributed by atoms with van der Waals surface area (Å²) in [5.41, 5.74) is 0. The van der Waals surface area contributed by atoms with Crippen molar-refractivity contribution in [2.24, 2.45) is 0 Å². The van der Waals surface area contributed by atoms with Gasteiger partial charge in [0.25, 0.3) is 0 Å². The van der Waals surface area contributed by atoms with Crippen molar-refractivity contribution in [2.45, 2.75) is 24.7 Å². The van der Waals surface area contributed by atoms with E-state index in [1.807, 2.05) is 0 Å². The molecule has 0 unspecified atom stereocenters. The van der Waals surface area contributed by atoms with Gasteiger partial charge in [0.05, 0.1) is 12.5 Å². The fourth-order valence-electron chi connectivity index (χ4n) is 0.656. The summed E-state index contributed by atoms with van der Waals surface area (Å²) >= 11 is 0. The van der Waals surface area contributed by atoms with Crippen LogP contribution in [0, 0.1) is 0 Å². The first-order chi connectivity index (χ1) is 5.86. The fraction of sp³-hybridized carbons (Fsp3) is 0.667. The van der Waals surface area contributed by atoms with E-state index in [9.17, 15) is 9.59 Å². The van der Waals surface area contributed by atoms with E-state index < -0.39 is 36.7 Å². The summed E-state index contributed by atoms with van der Waals surface area (Å²) < 4.78 is 0. The van der Waals surface area contributed by atoms with Crippen LogP contribution in [0.25, 0.3) is 0 Å². The van der Waals surface area contributed by atoms with E-state index in [2.05, 4.69) is 0 Å². The molecule has 0 fully saturated rings. The maximum atomic E-state index is 10.1. The van der Waals surface area contributed by atoms with Gasteiger partial charge in [-0.3, -0.25) is 4.79 Å². The molecule has 5 N–H and O–H groups in total. The Bertz CT molecular complexity index is 201. The van der Waals surface area contributed by atoms with Gasteiger partial charge in [-0.15, -0.1) is 0 Å². The second-order valence-electron chi connectivity index (χ2n) is 2.44. The van der Waals surface area contributed by atoms with E-state index in [1.165, 1.54) is 0 Å². The lowest BCUT2D eigenvalue weighted by Crippen LogP contribution is -2.43. The lowest BCUT2D eigenvalue weighted by atomic mass is 10.1. The monoisotopic (exact) mass is 194 g/mol. The summed E-state index contributed by atoms with van der Waals surface area (Å²) in [7, 11) is 0. The summed E-state index contributed by atoms with van der Waals surface area (Å²) in [6.07, 6.45) is -6.82. The molecule has 0 rings (SSSR count). The molecule has 0 aromatic carbocycles. The minimum absolute atomic E-state index is 0.828. The summed E-state index contributed by atoms with van der Waals surface area (Å²) in [5, 5.41) is 42.7. The van der Waals surface area contributed by atoms with Crippen molar-refractivity contribution in [1.82, 2.24) is 0 Å². The molecule has 0 aliphatic carbocycles. The molecule has 7 nitrogen and oxygen atoms in total. The van der Waals surface area contributed by atoms with Gasteiger partial charge in [-0.1, -0.05) is 0 Å². The molecule has 0 aromatic heterocycles. The fourth-order valence-corrected chi connectivity index (χ4v) is 0.656. The molecule has 3 atom stereocenters. The van der Waals surface area contributed by atoms with Crippen molar-refractivity contribution >= 4 is 11.9 Å². The number of aliphatic hydroxyl groups excluding tert-OH is 3. The molecule has 0 aliphatic heterocycles. The highest BCUT2D eigenvalue weighted by Gasteiger charge is 2.31. The third-order valence-corrected chi connectivity index (χ3v) is 1.35. The van der Waals surface area contributed by atoms with Crippen LogP contribution in [0.2, 0.25) is 0 Å². The SMILES string of the molecule is O=C(O)C[C@H](O)[C@@H](O)[C@H](O)C(=O)O. The van der Waals surface area contributed by atoms with Crippen LogP contribution < -0.4 is 0 Å². The van der Waals surface area contributed by atoms with Crippen molar-refractivity contribution in [1.29, 1.82) is 0 Å². The Hall–Kier alpha value is -1.18. The van der Waals surface area contributed by atoms with Crippen LogP contribution in [0.1, 0.15) is 6.42 Å². The van der Waals surface area contributed by atoms with E-state index >= 15 is 0 Å². The van der Waals surface area contributed by atoms with Gasteiger partial charge >= 0.3 is 11.9 Å². The average molecular weight is 194 g/mol. The van der Waals surface area contributed by atoms with Crippen LogP contribution in [0.5, 0.6) is 0 Å². The standard InChI is InChI=1S/C6H10O7/c7-2(1-3(8)9)4(10)5(11)6(12)13/h2,4-5,7,10-11H,1H2,(H,8,9)(H,12,13)/t2-,4+,5-/m0/s1. The second-order valence-corrected chi connectivity index (χ2v) is 2.44. The molecule has 0 saturated carbocycles. The normalized spacial score (nSPS) is 17.5. The van der Waals surface area contributed by atoms with E-state index in [4.69, 9.17) is 25.5 Å². The highest BCUT2D eigenvalue weighted by Crippen LogP contribution is 2.04. The zero-order valence-electron chi connectivity index (χ0n) is 6.49. The minimum Gasteiger partial charge on any atom is -0.481 e. The topological polar surface area (TPSA) is 135 Å². The maximum Gasteiger partial charge on any atom is 0.335 e.